The van der Waals surface area contributed by atoms with E-state index in [1.807, 2.05) is 0 Å². The van der Waals surface area contributed by atoms with Gasteiger partial charge in [0, 0.05) is 18.9 Å². The molecule has 0 spiro atoms. The summed E-state index contributed by atoms with van der Waals surface area (Å²) in [7, 11) is 0. The fraction of sp³-hybridized carbons (Fsp3) is 0.889. The molecular formula is C9H15Cl2NO. The maximum Gasteiger partial charge on any atom is 0.137 e. The van der Waals surface area contributed by atoms with E-state index in [4.69, 9.17) is 23.2 Å². The van der Waals surface area contributed by atoms with Crippen LogP contribution in [0.3, 0.4) is 0 Å². The van der Waals surface area contributed by atoms with Gasteiger partial charge in [-0.1, -0.05) is 6.42 Å². The van der Waals surface area contributed by atoms with Gasteiger partial charge in [0.25, 0.3) is 0 Å². The summed E-state index contributed by atoms with van der Waals surface area (Å²) in [5.74, 6) is 0.161. The molecule has 1 aliphatic rings. The Morgan fingerprint density at radius 3 is 2.77 bits per heavy atom. The highest BCUT2D eigenvalue weighted by molar-refractivity contribution is 6.45. The number of hydrogen-bond acceptors (Lipinski definition) is 2. The van der Waals surface area contributed by atoms with Crippen LogP contribution in [0.5, 0.6) is 0 Å². The topological polar surface area (TPSA) is 29.1 Å². The van der Waals surface area contributed by atoms with Gasteiger partial charge in [-0.05, 0) is 19.4 Å². The van der Waals surface area contributed by atoms with E-state index in [9.17, 15) is 4.79 Å². The second kappa shape index (κ2) is 5.84. The van der Waals surface area contributed by atoms with Crippen LogP contribution in [0.15, 0.2) is 0 Å². The van der Waals surface area contributed by atoms with Crippen molar-refractivity contribution in [3.63, 3.8) is 0 Å². The predicted octanol–water partition coefficient (Wildman–Crippen LogP) is 2.28. The van der Waals surface area contributed by atoms with Crippen molar-refractivity contribution in [1.29, 1.82) is 0 Å². The van der Waals surface area contributed by atoms with Gasteiger partial charge in [0.15, 0.2) is 0 Å². The third-order valence-electron chi connectivity index (χ3n) is 2.27. The van der Waals surface area contributed by atoms with Crippen LogP contribution in [-0.2, 0) is 4.79 Å². The van der Waals surface area contributed by atoms with Crippen LogP contribution in [0.25, 0.3) is 0 Å². The minimum Gasteiger partial charge on any atom is -0.314 e. The Bertz CT molecular complexity index is 167. The van der Waals surface area contributed by atoms with Crippen molar-refractivity contribution in [2.75, 3.05) is 6.54 Å². The normalized spacial score (nSPS) is 23.5. The minimum absolute atomic E-state index is 0.161. The summed E-state index contributed by atoms with van der Waals surface area (Å²) in [6.45, 7) is 1.03. The highest BCUT2D eigenvalue weighted by atomic mass is 35.5. The van der Waals surface area contributed by atoms with E-state index >= 15 is 0 Å². The number of rotatable bonds is 4. The monoisotopic (exact) mass is 223 g/mol. The van der Waals surface area contributed by atoms with E-state index in [0.29, 0.717) is 12.5 Å². The van der Waals surface area contributed by atoms with Crippen LogP contribution in [-0.4, -0.2) is 23.2 Å². The lowest BCUT2D eigenvalue weighted by atomic mass is 9.99. The van der Waals surface area contributed by atoms with Gasteiger partial charge in [-0.3, -0.25) is 4.79 Å². The van der Waals surface area contributed by atoms with Crippen LogP contribution in [0.2, 0.25) is 0 Å². The quantitative estimate of drug-likeness (QED) is 0.742. The molecule has 1 fully saturated rings. The number of Topliss-reactive ketones (excluding diaryl/α,β-unsaturated/α-hetero) is 1. The van der Waals surface area contributed by atoms with Crippen molar-refractivity contribution in [1.82, 2.24) is 5.32 Å². The van der Waals surface area contributed by atoms with E-state index in [1.54, 1.807) is 0 Å². The molecule has 76 valence electrons. The Hall–Kier alpha value is 0.210. The molecule has 0 bridgehead atoms. The van der Waals surface area contributed by atoms with Crippen molar-refractivity contribution < 1.29 is 4.79 Å². The first-order chi connectivity index (χ1) is 6.18. The number of piperidine rings is 1. The number of halogens is 2. The highest BCUT2D eigenvalue weighted by Crippen LogP contribution is 2.14. The molecule has 0 aromatic heterocycles. The Morgan fingerprint density at radius 2 is 2.23 bits per heavy atom. The molecule has 1 heterocycles. The first-order valence-electron chi connectivity index (χ1n) is 4.71. The van der Waals surface area contributed by atoms with Gasteiger partial charge in [0.05, 0.1) is 0 Å². The number of carbonyl (C=O) groups excluding carboxylic acids is 1. The summed E-state index contributed by atoms with van der Waals surface area (Å²) >= 11 is 11.0. The lowest BCUT2D eigenvalue weighted by molar-refractivity contribution is -0.119. The second-order valence-electron chi connectivity index (χ2n) is 3.48. The van der Waals surface area contributed by atoms with Crippen molar-refractivity contribution in [2.24, 2.45) is 0 Å². The molecule has 1 rings (SSSR count). The molecule has 1 N–H and O–H groups in total. The maximum absolute atomic E-state index is 11.3. The number of ketones is 1. The summed E-state index contributed by atoms with van der Waals surface area (Å²) < 4.78 is 0. The molecule has 1 aliphatic heterocycles. The highest BCUT2D eigenvalue weighted by Gasteiger charge is 2.17. The van der Waals surface area contributed by atoms with Crippen LogP contribution >= 0.6 is 23.2 Å². The first kappa shape index (κ1) is 11.3. The summed E-state index contributed by atoms with van der Waals surface area (Å²) in [4.78, 5) is 10.8. The van der Waals surface area contributed by atoms with Gasteiger partial charge in [-0.15, -0.1) is 23.2 Å². The van der Waals surface area contributed by atoms with E-state index in [2.05, 4.69) is 5.32 Å². The average Bonchev–Trinajstić information content (AvgIpc) is 2.04. The van der Waals surface area contributed by atoms with Crippen molar-refractivity contribution in [2.45, 2.75) is 43.0 Å². The Balaban J connectivity index is 2.18. The number of hydrogen-bond donors (Lipinski definition) is 1. The van der Waals surface area contributed by atoms with Crippen LogP contribution in [0.1, 0.15) is 32.1 Å². The summed E-state index contributed by atoms with van der Waals surface area (Å²) in [6.07, 6.45) is 4.40. The Labute approximate surface area is 89.0 Å². The van der Waals surface area contributed by atoms with Gasteiger partial charge in [0.1, 0.15) is 10.6 Å². The molecular weight excluding hydrogens is 209 g/mol. The number of alkyl halides is 2. The van der Waals surface area contributed by atoms with E-state index in [0.717, 1.165) is 13.0 Å². The predicted molar refractivity (Wildman–Crippen MR) is 55.4 cm³/mol. The van der Waals surface area contributed by atoms with E-state index < -0.39 is 4.84 Å². The lowest BCUT2D eigenvalue weighted by Crippen LogP contribution is -2.35. The van der Waals surface area contributed by atoms with Crippen LogP contribution in [0.4, 0.5) is 0 Å². The van der Waals surface area contributed by atoms with Gasteiger partial charge < -0.3 is 5.32 Å². The standard InChI is InChI=1S/C9H15Cl2NO/c10-9(11)6-8(13)5-7-3-1-2-4-12-7/h7,9,12H,1-6H2. The van der Waals surface area contributed by atoms with Crippen molar-refractivity contribution >= 4 is 29.0 Å². The fourth-order valence-electron chi connectivity index (χ4n) is 1.63. The van der Waals surface area contributed by atoms with Crippen molar-refractivity contribution in [3.8, 4) is 0 Å². The van der Waals surface area contributed by atoms with Crippen molar-refractivity contribution in [3.05, 3.63) is 0 Å². The van der Waals surface area contributed by atoms with Gasteiger partial charge in [-0.2, -0.15) is 0 Å². The molecule has 4 heteroatoms. The second-order valence-corrected chi connectivity index (χ2v) is 4.76. The number of nitrogens with one attached hydrogen (secondary N) is 1. The smallest absolute Gasteiger partial charge is 0.137 e. The largest absolute Gasteiger partial charge is 0.314 e. The molecule has 0 aromatic carbocycles. The zero-order valence-corrected chi connectivity index (χ0v) is 9.07. The molecule has 13 heavy (non-hydrogen) atoms. The molecule has 0 radical (unpaired) electrons. The van der Waals surface area contributed by atoms with Gasteiger partial charge in [0.2, 0.25) is 0 Å². The van der Waals surface area contributed by atoms with Crippen LogP contribution in [0, 0.1) is 0 Å². The molecule has 0 saturated carbocycles. The summed E-state index contributed by atoms with van der Waals surface area (Å²) in [5, 5.41) is 3.32. The van der Waals surface area contributed by atoms with Gasteiger partial charge in [-0.25, -0.2) is 0 Å². The fourth-order valence-corrected chi connectivity index (χ4v) is 1.97. The molecule has 0 aromatic rings. The molecule has 1 saturated heterocycles. The summed E-state index contributed by atoms with van der Waals surface area (Å²) in [5.41, 5.74) is 0. The maximum atomic E-state index is 11.3. The van der Waals surface area contributed by atoms with Crippen LogP contribution < -0.4 is 5.32 Å². The SMILES string of the molecule is O=C(CC(Cl)Cl)CC1CCCCN1. The van der Waals surface area contributed by atoms with E-state index in [1.165, 1.54) is 12.8 Å². The zero-order chi connectivity index (χ0) is 9.68. The Morgan fingerprint density at radius 1 is 1.46 bits per heavy atom. The molecule has 2 nitrogen and oxygen atoms in total. The number of carbonyl (C=O) groups is 1. The lowest BCUT2D eigenvalue weighted by Gasteiger charge is -2.22. The molecule has 1 atom stereocenters. The first-order valence-corrected chi connectivity index (χ1v) is 5.59. The zero-order valence-electron chi connectivity index (χ0n) is 7.56. The Kier molecular flexibility index (Phi) is 5.07. The average molecular weight is 224 g/mol. The molecule has 0 amide bonds. The van der Waals surface area contributed by atoms with E-state index in [-0.39, 0.29) is 12.2 Å². The molecule has 0 aliphatic carbocycles. The minimum atomic E-state index is -0.545. The third kappa shape index (κ3) is 4.84. The molecule has 1 unspecified atom stereocenters. The third-order valence-corrected chi connectivity index (χ3v) is 2.58. The summed E-state index contributed by atoms with van der Waals surface area (Å²) in [6, 6.07) is 0.355. The van der Waals surface area contributed by atoms with Gasteiger partial charge >= 0.3 is 0 Å².